The van der Waals surface area contributed by atoms with E-state index in [4.69, 9.17) is 4.74 Å². The van der Waals surface area contributed by atoms with Gasteiger partial charge in [-0.3, -0.25) is 34.2 Å². The van der Waals surface area contributed by atoms with E-state index in [-0.39, 0.29) is 17.7 Å². The maximum Gasteiger partial charge on any atom is 0.308 e. The summed E-state index contributed by atoms with van der Waals surface area (Å²) in [6, 6.07) is 17.8. The first kappa shape index (κ1) is 25.2. The lowest BCUT2D eigenvalue weighted by molar-refractivity contribution is -0.385. The van der Waals surface area contributed by atoms with Crippen LogP contribution < -0.4 is 5.32 Å². The summed E-state index contributed by atoms with van der Waals surface area (Å²) in [5.41, 5.74) is 1.91. The van der Waals surface area contributed by atoms with Gasteiger partial charge < -0.3 is 10.1 Å². The molecule has 0 aromatic heterocycles. The molecule has 0 aliphatic carbocycles. The fourth-order valence-corrected chi connectivity index (χ4v) is 4.03. The number of aryl methyl sites for hydroxylation is 2. The highest BCUT2D eigenvalue weighted by Crippen LogP contribution is 2.31. The van der Waals surface area contributed by atoms with Gasteiger partial charge in [-0.1, -0.05) is 48.5 Å². The number of fused-ring (bicyclic) bond motifs is 1. The summed E-state index contributed by atoms with van der Waals surface area (Å²) < 4.78 is 5.50. The van der Waals surface area contributed by atoms with E-state index in [1.165, 1.54) is 12.1 Å². The van der Waals surface area contributed by atoms with E-state index in [0.29, 0.717) is 11.3 Å². The number of ether oxygens (including phenoxy) is 1. The van der Waals surface area contributed by atoms with Gasteiger partial charge in [0.25, 0.3) is 23.4 Å². The molecule has 188 valence electrons. The minimum absolute atomic E-state index is 0.0948. The molecule has 0 spiro atoms. The molecule has 1 N–H and O–H groups in total. The number of rotatable bonds is 8. The predicted octanol–water partition coefficient (Wildman–Crippen LogP) is 4.12. The molecule has 10 nitrogen and oxygen atoms in total. The third kappa shape index (κ3) is 5.22. The average molecular weight is 501 g/mol. The monoisotopic (exact) mass is 501 g/mol. The summed E-state index contributed by atoms with van der Waals surface area (Å²) in [5.74, 6) is -2.98. The fourth-order valence-electron chi connectivity index (χ4n) is 4.03. The van der Waals surface area contributed by atoms with Gasteiger partial charge in [-0.15, -0.1) is 0 Å². The zero-order valence-electron chi connectivity index (χ0n) is 20.1. The summed E-state index contributed by atoms with van der Waals surface area (Å²) in [6.07, 6.45) is -1.68. The highest BCUT2D eigenvalue weighted by molar-refractivity contribution is 6.23. The number of amides is 3. The Morgan fingerprint density at radius 2 is 1.73 bits per heavy atom. The summed E-state index contributed by atoms with van der Waals surface area (Å²) >= 11 is 0. The first-order valence-electron chi connectivity index (χ1n) is 11.4. The van der Waals surface area contributed by atoms with E-state index in [2.05, 4.69) is 5.32 Å². The molecule has 1 atom stereocenters. The standard InChI is InChI=1S/C27H23N3O7/c1-16-11-12-17(2)20(15-16)28-25(32)24(18-7-4-3-5-8-18)37-22(31)13-14-29-26(33)19-9-6-10-21(30(35)36)23(19)27(29)34/h3-12,15,24H,13-14H2,1-2H3,(H,28,32)/t24-/m1/s1. The van der Waals surface area contributed by atoms with Crippen molar-refractivity contribution in [2.45, 2.75) is 26.4 Å². The summed E-state index contributed by atoms with van der Waals surface area (Å²) in [6.45, 7) is 3.37. The van der Waals surface area contributed by atoms with Crippen LogP contribution in [0.4, 0.5) is 11.4 Å². The Morgan fingerprint density at radius 3 is 2.43 bits per heavy atom. The van der Waals surface area contributed by atoms with Gasteiger partial charge in [0, 0.05) is 23.9 Å². The third-order valence-corrected chi connectivity index (χ3v) is 5.95. The molecule has 0 fully saturated rings. The second-order valence-corrected chi connectivity index (χ2v) is 8.56. The van der Waals surface area contributed by atoms with Crippen LogP contribution >= 0.6 is 0 Å². The molecule has 37 heavy (non-hydrogen) atoms. The lowest BCUT2D eigenvalue weighted by atomic mass is 10.1. The van der Waals surface area contributed by atoms with Crippen LogP contribution in [0.25, 0.3) is 0 Å². The number of carbonyl (C=O) groups excluding carboxylic acids is 4. The second-order valence-electron chi connectivity index (χ2n) is 8.56. The average Bonchev–Trinajstić information content (AvgIpc) is 3.13. The molecular formula is C27H23N3O7. The van der Waals surface area contributed by atoms with Crippen LogP contribution in [0.2, 0.25) is 0 Å². The van der Waals surface area contributed by atoms with Gasteiger partial charge in [-0.25, -0.2) is 0 Å². The summed E-state index contributed by atoms with van der Waals surface area (Å²) in [7, 11) is 0. The number of nitrogens with zero attached hydrogens (tertiary/aromatic N) is 2. The highest BCUT2D eigenvalue weighted by atomic mass is 16.6. The Morgan fingerprint density at radius 1 is 1.00 bits per heavy atom. The van der Waals surface area contributed by atoms with Crippen LogP contribution in [0.5, 0.6) is 0 Å². The quantitative estimate of drug-likeness (QED) is 0.212. The molecule has 1 heterocycles. The van der Waals surface area contributed by atoms with Crippen molar-refractivity contribution >= 4 is 35.1 Å². The zero-order chi connectivity index (χ0) is 26.7. The summed E-state index contributed by atoms with van der Waals surface area (Å²) in [5, 5.41) is 14.1. The smallest absolute Gasteiger partial charge is 0.308 e. The van der Waals surface area contributed by atoms with Crippen LogP contribution in [-0.4, -0.2) is 40.1 Å². The van der Waals surface area contributed by atoms with Gasteiger partial charge in [0.2, 0.25) is 6.10 Å². The van der Waals surface area contributed by atoms with E-state index >= 15 is 0 Å². The molecule has 3 amide bonds. The minimum Gasteiger partial charge on any atom is -0.447 e. The van der Waals surface area contributed by atoms with Crippen molar-refractivity contribution in [2.75, 3.05) is 11.9 Å². The number of anilines is 1. The molecule has 0 saturated heterocycles. The van der Waals surface area contributed by atoms with E-state index in [1.807, 2.05) is 26.0 Å². The Labute approximate surface area is 212 Å². The van der Waals surface area contributed by atoms with Crippen molar-refractivity contribution in [2.24, 2.45) is 0 Å². The summed E-state index contributed by atoms with van der Waals surface area (Å²) in [4.78, 5) is 62.7. The Bertz CT molecular complexity index is 1420. The molecule has 0 saturated carbocycles. The van der Waals surface area contributed by atoms with Crippen LogP contribution in [0.1, 0.15) is 49.9 Å². The van der Waals surface area contributed by atoms with Crippen LogP contribution in [0.3, 0.4) is 0 Å². The van der Waals surface area contributed by atoms with E-state index < -0.39 is 46.8 Å². The van der Waals surface area contributed by atoms with Crippen molar-refractivity contribution < 1.29 is 28.8 Å². The Balaban J connectivity index is 1.48. The zero-order valence-corrected chi connectivity index (χ0v) is 20.1. The van der Waals surface area contributed by atoms with Gasteiger partial charge in [0.15, 0.2) is 0 Å². The molecule has 3 aromatic carbocycles. The maximum absolute atomic E-state index is 13.2. The van der Waals surface area contributed by atoms with Crippen molar-refractivity contribution in [3.63, 3.8) is 0 Å². The number of imide groups is 1. The molecule has 4 rings (SSSR count). The number of nitrogens with one attached hydrogen (secondary N) is 1. The van der Waals surface area contributed by atoms with E-state index in [1.54, 1.807) is 36.4 Å². The number of hydrogen-bond acceptors (Lipinski definition) is 7. The molecular weight excluding hydrogens is 478 g/mol. The van der Waals surface area contributed by atoms with Crippen LogP contribution in [-0.2, 0) is 14.3 Å². The first-order chi connectivity index (χ1) is 17.7. The SMILES string of the molecule is Cc1ccc(C)c(NC(=O)[C@H](OC(=O)CCN2C(=O)c3cccc([N+](=O)[O-])c3C2=O)c2ccccc2)c1. The van der Waals surface area contributed by atoms with Crippen LogP contribution in [0, 0.1) is 24.0 Å². The largest absolute Gasteiger partial charge is 0.447 e. The molecule has 10 heteroatoms. The predicted molar refractivity (Wildman–Crippen MR) is 133 cm³/mol. The fraction of sp³-hybridized carbons (Fsp3) is 0.185. The molecule has 3 aromatic rings. The highest BCUT2D eigenvalue weighted by Gasteiger charge is 2.41. The Kier molecular flexibility index (Phi) is 7.10. The number of hydrogen-bond donors (Lipinski definition) is 1. The van der Waals surface area contributed by atoms with Gasteiger partial charge in [-0.05, 0) is 37.1 Å². The lowest BCUT2D eigenvalue weighted by Gasteiger charge is -2.20. The van der Waals surface area contributed by atoms with Gasteiger partial charge in [0.05, 0.1) is 16.9 Å². The molecule has 0 bridgehead atoms. The van der Waals surface area contributed by atoms with Gasteiger partial charge in [-0.2, -0.15) is 0 Å². The van der Waals surface area contributed by atoms with Crippen molar-refractivity contribution in [3.05, 3.63) is 105 Å². The topological polar surface area (TPSA) is 136 Å². The number of benzene rings is 3. The number of carbonyl (C=O) groups is 4. The second kappa shape index (κ2) is 10.4. The molecule has 1 aliphatic rings. The Hall–Kier alpha value is -4.86. The molecule has 1 aliphatic heterocycles. The first-order valence-corrected chi connectivity index (χ1v) is 11.4. The normalized spacial score (nSPS) is 13.2. The number of esters is 1. The number of nitro groups is 1. The van der Waals surface area contributed by atoms with Crippen molar-refractivity contribution in [1.82, 2.24) is 4.90 Å². The minimum atomic E-state index is -1.28. The van der Waals surface area contributed by atoms with E-state index in [0.717, 1.165) is 22.1 Å². The van der Waals surface area contributed by atoms with Crippen molar-refractivity contribution in [1.29, 1.82) is 0 Å². The lowest BCUT2D eigenvalue weighted by Crippen LogP contribution is -2.33. The van der Waals surface area contributed by atoms with Crippen LogP contribution in [0.15, 0.2) is 66.7 Å². The van der Waals surface area contributed by atoms with Gasteiger partial charge in [0.1, 0.15) is 5.56 Å². The third-order valence-electron chi connectivity index (χ3n) is 5.95. The van der Waals surface area contributed by atoms with Crippen molar-refractivity contribution in [3.8, 4) is 0 Å². The van der Waals surface area contributed by atoms with Gasteiger partial charge >= 0.3 is 5.97 Å². The van der Waals surface area contributed by atoms with E-state index in [9.17, 15) is 29.3 Å². The number of nitro benzene ring substituents is 1. The molecule has 0 unspecified atom stereocenters. The maximum atomic E-state index is 13.2. The molecule has 0 radical (unpaired) electrons.